The third kappa shape index (κ3) is 4.97. The van der Waals surface area contributed by atoms with Crippen LogP contribution in [-0.4, -0.2) is 24.9 Å². The van der Waals surface area contributed by atoms with Crippen LogP contribution >= 0.6 is 23.2 Å². The van der Waals surface area contributed by atoms with Crippen molar-refractivity contribution in [1.82, 2.24) is 5.32 Å². The van der Waals surface area contributed by atoms with E-state index in [9.17, 15) is 9.59 Å². The van der Waals surface area contributed by atoms with Gasteiger partial charge in [0, 0.05) is 31.3 Å². The smallest absolute Gasteiger partial charge is 0.251 e. The van der Waals surface area contributed by atoms with Gasteiger partial charge in [0.15, 0.2) is 0 Å². The van der Waals surface area contributed by atoms with Crippen LogP contribution in [0.1, 0.15) is 28.4 Å². The monoisotopic (exact) mass is 378 g/mol. The number of carbonyl (C=O) groups excluding carboxylic acids is 2. The molecule has 0 saturated heterocycles. The van der Waals surface area contributed by atoms with Crippen LogP contribution < -0.4 is 10.2 Å². The van der Waals surface area contributed by atoms with E-state index in [0.29, 0.717) is 28.7 Å². The van der Waals surface area contributed by atoms with E-state index >= 15 is 0 Å². The van der Waals surface area contributed by atoms with E-state index in [1.54, 1.807) is 17.0 Å². The van der Waals surface area contributed by atoms with Crippen LogP contribution in [0.2, 0.25) is 10.0 Å². The lowest BCUT2D eigenvalue weighted by molar-refractivity contribution is -0.116. The summed E-state index contributed by atoms with van der Waals surface area (Å²) < 4.78 is 0. The Morgan fingerprint density at radius 3 is 2.40 bits per heavy atom. The molecule has 0 fully saturated rings. The summed E-state index contributed by atoms with van der Waals surface area (Å²) in [5.74, 6) is -0.333. The van der Waals surface area contributed by atoms with Crippen LogP contribution in [0, 0.1) is 13.8 Å². The number of carbonyl (C=O) groups is 2. The van der Waals surface area contributed by atoms with Gasteiger partial charge in [0.1, 0.15) is 0 Å². The first-order valence-corrected chi connectivity index (χ1v) is 8.64. The van der Waals surface area contributed by atoms with Crippen molar-refractivity contribution in [1.29, 1.82) is 0 Å². The molecule has 2 aromatic carbocycles. The van der Waals surface area contributed by atoms with Crippen molar-refractivity contribution in [2.45, 2.75) is 20.8 Å². The van der Waals surface area contributed by atoms with Gasteiger partial charge in [0.05, 0.1) is 10.0 Å². The minimum atomic E-state index is -0.261. The Kier molecular flexibility index (Phi) is 6.45. The lowest BCUT2D eigenvalue weighted by Crippen LogP contribution is -2.38. The molecule has 0 aliphatic rings. The number of nitrogens with one attached hydrogen (secondary N) is 1. The van der Waals surface area contributed by atoms with Gasteiger partial charge in [0.2, 0.25) is 5.91 Å². The van der Waals surface area contributed by atoms with Crippen molar-refractivity contribution in [2.75, 3.05) is 18.0 Å². The Balaban J connectivity index is 2.04. The van der Waals surface area contributed by atoms with Gasteiger partial charge in [-0.15, -0.1) is 0 Å². The average Bonchev–Trinajstić information content (AvgIpc) is 2.56. The first-order valence-electron chi connectivity index (χ1n) is 7.88. The van der Waals surface area contributed by atoms with E-state index in [4.69, 9.17) is 23.2 Å². The third-order valence-electron chi connectivity index (χ3n) is 3.84. The van der Waals surface area contributed by atoms with Crippen molar-refractivity contribution in [2.24, 2.45) is 0 Å². The summed E-state index contributed by atoms with van der Waals surface area (Å²) in [4.78, 5) is 25.9. The maximum Gasteiger partial charge on any atom is 0.251 e. The second kappa shape index (κ2) is 8.37. The molecule has 6 heteroatoms. The lowest BCUT2D eigenvalue weighted by atomic mass is 10.1. The highest BCUT2D eigenvalue weighted by Gasteiger charge is 2.15. The summed E-state index contributed by atoms with van der Waals surface area (Å²) in [6.07, 6.45) is 0. The molecule has 0 spiro atoms. The maximum atomic E-state index is 12.2. The summed E-state index contributed by atoms with van der Waals surface area (Å²) in [5, 5.41) is 3.53. The molecule has 0 aromatic heterocycles. The van der Waals surface area contributed by atoms with Crippen LogP contribution in [-0.2, 0) is 4.79 Å². The van der Waals surface area contributed by atoms with Crippen molar-refractivity contribution in [3.8, 4) is 0 Å². The second-order valence-corrected chi connectivity index (χ2v) is 6.66. The molecule has 0 atom stereocenters. The van der Waals surface area contributed by atoms with Crippen LogP contribution in [0.4, 0.5) is 5.69 Å². The van der Waals surface area contributed by atoms with E-state index in [2.05, 4.69) is 5.32 Å². The first kappa shape index (κ1) is 19.3. The van der Waals surface area contributed by atoms with E-state index in [1.165, 1.54) is 13.0 Å². The molecule has 0 unspecified atom stereocenters. The number of hydrogen-bond acceptors (Lipinski definition) is 2. The summed E-state index contributed by atoms with van der Waals surface area (Å²) in [7, 11) is 0. The van der Waals surface area contributed by atoms with Crippen molar-refractivity contribution in [3.05, 3.63) is 63.1 Å². The number of hydrogen-bond donors (Lipinski definition) is 1. The van der Waals surface area contributed by atoms with Gasteiger partial charge < -0.3 is 10.2 Å². The Labute approximate surface area is 157 Å². The maximum absolute atomic E-state index is 12.2. The SMILES string of the molecule is CC(=O)N(CCNC(=O)c1ccc(Cl)c(Cl)c1)c1cc(C)ccc1C. The quantitative estimate of drug-likeness (QED) is 0.838. The van der Waals surface area contributed by atoms with E-state index in [-0.39, 0.29) is 11.8 Å². The Hall–Kier alpha value is -2.04. The fourth-order valence-corrected chi connectivity index (χ4v) is 2.78. The molecule has 0 aliphatic heterocycles. The minimum Gasteiger partial charge on any atom is -0.350 e. The zero-order valence-corrected chi connectivity index (χ0v) is 15.9. The fraction of sp³-hybridized carbons (Fsp3) is 0.263. The number of aryl methyl sites for hydroxylation is 2. The summed E-state index contributed by atoms with van der Waals surface area (Å²) in [5.41, 5.74) is 3.37. The van der Waals surface area contributed by atoms with E-state index in [1.807, 2.05) is 32.0 Å². The Bertz CT molecular complexity index is 806. The zero-order valence-electron chi connectivity index (χ0n) is 14.4. The van der Waals surface area contributed by atoms with Gasteiger partial charge in [0.25, 0.3) is 5.91 Å². The standard InChI is InChI=1S/C19H20Cl2N2O2/c1-12-4-5-13(2)18(10-12)23(14(3)24)9-8-22-19(25)15-6-7-16(20)17(21)11-15/h4-7,10-11H,8-9H2,1-3H3,(H,22,25). The number of benzene rings is 2. The molecule has 0 radical (unpaired) electrons. The average molecular weight is 379 g/mol. The lowest BCUT2D eigenvalue weighted by Gasteiger charge is -2.23. The predicted octanol–water partition coefficient (Wildman–Crippen LogP) is 4.39. The molecule has 2 aromatic rings. The number of anilines is 1. The Morgan fingerprint density at radius 2 is 1.76 bits per heavy atom. The highest BCUT2D eigenvalue weighted by Crippen LogP contribution is 2.23. The highest BCUT2D eigenvalue weighted by molar-refractivity contribution is 6.42. The summed E-state index contributed by atoms with van der Waals surface area (Å²) in [6.45, 7) is 6.16. The number of amides is 2. The van der Waals surface area contributed by atoms with Gasteiger partial charge in [-0.05, 0) is 49.2 Å². The van der Waals surface area contributed by atoms with Crippen LogP contribution in [0.3, 0.4) is 0 Å². The zero-order chi connectivity index (χ0) is 18.6. The van der Waals surface area contributed by atoms with E-state index < -0.39 is 0 Å². The fourth-order valence-electron chi connectivity index (χ4n) is 2.48. The van der Waals surface area contributed by atoms with Gasteiger partial charge in [-0.2, -0.15) is 0 Å². The first-order chi connectivity index (χ1) is 11.8. The third-order valence-corrected chi connectivity index (χ3v) is 4.58. The normalized spacial score (nSPS) is 10.4. The molecular formula is C19H20Cl2N2O2. The molecule has 0 saturated carbocycles. The minimum absolute atomic E-state index is 0.0718. The summed E-state index contributed by atoms with van der Waals surface area (Å²) in [6, 6.07) is 10.7. The van der Waals surface area contributed by atoms with Gasteiger partial charge >= 0.3 is 0 Å². The molecule has 0 bridgehead atoms. The summed E-state index contributed by atoms with van der Waals surface area (Å²) >= 11 is 11.8. The molecule has 25 heavy (non-hydrogen) atoms. The molecular weight excluding hydrogens is 359 g/mol. The van der Waals surface area contributed by atoms with Crippen molar-refractivity contribution < 1.29 is 9.59 Å². The predicted molar refractivity (Wildman–Crippen MR) is 103 cm³/mol. The molecule has 0 heterocycles. The van der Waals surface area contributed by atoms with Crippen LogP contribution in [0.5, 0.6) is 0 Å². The molecule has 4 nitrogen and oxygen atoms in total. The Morgan fingerprint density at radius 1 is 1.04 bits per heavy atom. The van der Waals surface area contributed by atoms with Crippen LogP contribution in [0.25, 0.3) is 0 Å². The van der Waals surface area contributed by atoms with E-state index in [0.717, 1.165) is 16.8 Å². The van der Waals surface area contributed by atoms with Crippen LogP contribution in [0.15, 0.2) is 36.4 Å². The highest BCUT2D eigenvalue weighted by atomic mass is 35.5. The largest absolute Gasteiger partial charge is 0.350 e. The molecule has 132 valence electrons. The number of nitrogens with zero attached hydrogens (tertiary/aromatic N) is 1. The number of halogens is 2. The molecule has 2 amide bonds. The molecule has 2 rings (SSSR count). The number of rotatable bonds is 5. The second-order valence-electron chi connectivity index (χ2n) is 5.85. The van der Waals surface area contributed by atoms with Crippen molar-refractivity contribution >= 4 is 40.7 Å². The van der Waals surface area contributed by atoms with Crippen molar-refractivity contribution in [3.63, 3.8) is 0 Å². The van der Waals surface area contributed by atoms with Gasteiger partial charge in [-0.25, -0.2) is 0 Å². The molecule has 0 aliphatic carbocycles. The topological polar surface area (TPSA) is 49.4 Å². The van der Waals surface area contributed by atoms with Gasteiger partial charge in [-0.1, -0.05) is 35.3 Å². The molecule has 1 N–H and O–H groups in total. The van der Waals surface area contributed by atoms with Gasteiger partial charge in [-0.3, -0.25) is 9.59 Å².